The molecule has 0 radical (unpaired) electrons. The summed E-state index contributed by atoms with van der Waals surface area (Å²) in [6.45, 7) is 0. The summed E-state index contributed by atoms with van der Waals surface area (Å²) in [6.07, 6.45) is -21.0. The zero-order valence-corrected chi connectivity index (χ0v) is 9.70. The van der Waals surface area contributed by atoms with Gasteiger partial charge < -0.3 is 10.5 Å². The van der Waals surface area contributed by atoms with Crippen LogP contribution in [0.2, 0.25) is 0 Å². The molecule has 0 amide bonds. The second-order valence-corrected chi connectivity index (χ2v) is 3.83. The van der Waals surface area contributed by atoms with Crippen molar-refractivity contribution in [2.45, 2.75) is 24.6 Å². The molecule has 0 atom stereocenters. The lowest BCUT2D eigenvalue weighted by molar-refractivity contribution is -0.299. The lowest BCUT2D eigenvalue weighted by Gasteiger charge is -2.24. The van der Waals surface area contributed by atoms with Gasteiger partial charge in [-0.1, -0.05) is 0 Å². The number of anilines is 1. The smallest absolute Gasteiger partial charge is 0.434 e. The fraction of sp³-hybridized carbons (Fsp3) is 0.400. The van der Waals surface area contributed by atoms with Crippen molar-refractivity contribution in [3.8, 4) is 5.75 Å². The predicted molar refractivity (Wildman–Crippen MR) is 52.4 cm³/mol. The van der Waals surface area contributed by atoms with Crippen LogP contribution in [0.15, 0.2) is 18.2 Å². The fourth-order valence-corrected chi connectivity index (χ4v) is 1.31. The summed E-state index contributed by atoms with van der Waals surface area (Å²) < 4.78 is 114. The molecule has 11 heteroatoms. The molecular formula is C10H6F9NO. The Hall–Kier alpha value is -1.81. The van der Waals surface area contributed by atoms with Crippen molar-refractivity contribution in [1.29, 1.82) is 0 Å². The number of alkyl halides is 9. The van der Waals surface area contributed by atoms with Crippen molar-refractivity contribution in [2.75, 3.05) is 5.73 Å². The van der Waals surface area contributed by atoms with Crippen LogP contribution in [0, 0.1) is 0 Å². The van der Waals surface area contributed by atoms with Gasteiger partial charge in [-0.15, -0.1) is 0 Å². The van der Waals surface area contributed by atoms with Gasteiger partial charge in [-0.3, -0.25) is 0 Å². The first-order chi connectivity index (χ1) is 9.23. The average molecular weight is 327 g/mol. The Balaban J connectivity index is 3.18. The standard InChI is InChI=1S/C10H6F9NO/c11-8(12,13)5-3-4(1-2-6(5)20)21-7(9(14,15)16)10(17,18)19/h1-3,7H,20H2. The third kappa shape index (κ3) is 4.33. The maximum Gasteiger partial charge on any atom is 0.434 e. The van der Waals surface area contributed by atoms with Crippen LogP contribution in [-0.4, -0.2) is 18.5 Å². The number of nitrogens with two attached hydrogens (primary N) is 1. The number of rotatable bonds is 2. The summed E-state index contributed by atoms with van der Waals surface area (Å²) in [5.41, 5.74) is 2.51. The van der Waals surface area contributed by atoms with Crippen molar-refractivity contribution >= 4 is 5.69 Å². The van der Waals surface area contributed by atoms with Crippen molar-refractivity contribution in [3.63, 3.8) is 0 Å². The van der Waals surface area contributed by atoms with Gasteiger partial charge >= 0.3 is 18.5 Å². The lowest BCUT2D eigenvalue weighted by Crippen LogP contribution is -2.46. The van der Waals surface area contributed by atoms with Crippen molar-refractivity contribution in [3.05, 3.63) is 23.8 Å². The van der Waals surface area contributed by atoms with Crippen LogP contribution >= 0.6 is 0 Å². The highest BCUT2D eigenvalue weighted by Gasteiger charge is 2.59. The molecule has 0 spiro atoms. The molecule has 0 aliphatic carbocycles. The quantitative estimate of drug-likeness (QED) is 0.654. The normalized spacial score (nSPS) is 13.6. The molecule has 0 fully saturated rings. The van der Waals surface area contributed by atoms with Gasteiger partial charge in [0.15, 0.2) is 0 Å². The number of hydrogen-bond donors (Lipinski definition) is 1. The van der Waals surface area contributed by atoms with E-state index in [9.17, 15) is 39.5 Å². The van der Waals surface area contributed by atoms with Crippen LogP contribution < -0.4 is 10.5 Å². The Labute approximate surface area is 111 Å². The molecule has 0 unspecified atom stereocenters. The third-order valence-electron chi connectivity index (χ3n) is 2.18. The van der Waals surface area contributed by atoms with Crippen LogP contribution in [0.1, 0.15) is 5.56 Å². The van der Waals surface area contributed by atoms with Gasteiger partial charge in [0, 0.05) is 5.69 Å². The van der Waals surface area contributed by atoms with E-state index in [1.165, 1.54) is 0 Å². The number of halogens is 9. The number of nitrogen functional groups attached to an aromatic ring is 1. The third-order valence-corrected chi connectivity index (χ3v) is 2.18. The van der Waals surface area contributed by atoms with E-state index in [1.807, 2.05) is 0 Å². The molecule has 2 nitrogen and oxygen atoms in total. The second-order valence-electron chi connectivity index (χ2n) is 3.83. The van der Waals surface area contributed by atoms with E-state index in [2.05, 4.69) is 4.74 Å². The Morgan fingerprint density at radius 1 is 0.857 bits per heavy atom. The number of hydrogen-bond acceptors (Lipinski definition) is 2. The number of benzene rings is 1. The van der Waals surface area contributed by atoms with Crippen molar-refractivity contribution < 1.29 is 44.3 Å². The molecule has 21 heavy (non-hydrogen) atoms. The average Bonchev–Trinajstić information content (AvgIpc) is 2.22. The molecule has 1 rings (SSSR count). The van der Waals surface area contributed by atoms with E-state index in [1.54, 1.807) is 0 Å². The molecule has 0 saturated carbocycles. The molecule has 2 N–H and O–H groups in total. The molecule has 1 aromatic carbocycles. The van der Waals surface area contributed by atoms with Gasteiger partial charge in [0.2, 0.25) is 0 Å². The minimum Gasteiger partial charge on any atom is -0.471 e. The van der Waals surface area contributed by atoms with E-state index in [0.29, 0.717) is 12.1 Å². The van der Waals surface area contributed by atoms with Gasteiger partial charge in [-0.25, -0.2) is 0 Å². The Morgan fingerprint density at radius 3 is 1.71 bits per heavy atom. The zero-order chi connectivity index (χ0) is 16.6. The molecule has 0 bridgehead atoms. The first-order valence-electron chi connectivity index (χ1n) is 4.99. The molecule has 0 aliphatic rings. The predicted octanol–water partition coefficient (Wildman–Crippen LogP) is 4.16. The summed E-state index contributed by atoms with van der Waals surface area (Å²) in [6, 6.07) is 0.955. The largest absolute Gasteiger partial charge is 0.471 e. The molecule has 1 aromatic rings. The van der Waals surface area contributed by atoms with Crippen LogP contribution in [0.4, 0.5) is 45.2 Å². The molecule has 0 saturated heterocycles. The Morgan fingerprint density at radius 2 is 1.33 bits per heavy atom. The first-order valence-corrected chi connectivity index (χ1v) is 4.99. The monoisotopic (exact) mass is 327 g/mol. The maximum atomic E-state index is 12.5. The van der Waals surface area contributed by atoms with Gasteiger partial charge in [0.1, 0.15) is 5.75 Å². The van der Waals surface area contributed by atoms with Crippen LogP contribution in [-0.2, 0) is 6.18 Å². The van der Waals surface area contributed by atoms with Crippen molar-refractivity contribution in [1.82, 2.24) is 0 Å². The second kappa shape index (κ2) is 5.19. The van der Waals surface area contributed by atoms with Gasteiger partial charge in [0.25, 0.3) is 6.10 Å². The molecular weight excluding hydrogens is 321 g/mol. The van der Waals surface area contributed by atoms with E-state index in [4.69, 9.17) is 5.73 Å². The van der Waals surface area contributed by atoms with Crippen molar-refractivity contribution in [2.24, 2.45) is 0 Å². The molecule has 0 aromatic heterocycles. The fourth-order valence-electron chi connectivity index (χ4n) is 1.31. The Bertz CT molecular complexity index is 489. The highest BCUT2D eigenvalue weighted by Crippen LogP contribution is 2.39. The van der Waals surface area contributed by atoms with Gasteiger partial charge in [0.05, 0.1) is 5.56 Å². The first kappa shape index (κ1) is 17.2. The highest BCUT2D eigenvalue weighted by molar-refractivity contribution is 5.52. The SMILES string of the molecule is Nc1ccc(OC(C(F)(F)F)C(F)(F)F)cc1C(F)(F)F. The lowest BCUT2D eigenvalue weighted by atomic mass is 10.1. The van der Waals surface area contributed by atoms with E-state index in [-0.39, 0.29) is 6.07 Å². The summed E-state index contributed by atoms with van der Waals surface area (Å²) in [4.78, 5) is 0. The van der Waals surface area contributed by atoms with Crippen LogP contribution in [0.3, 0.4) is 0 Å². The summed E-state index contributed by atoms with van der Waals surface area (Å²) in [5, 5.41) is 0. The molecule has 0 heterocycles. The summed E-state index contributed by atoms with van der Waals surface area (Å²) in [7, 11) is 0. The minimum absolute atomic E-state index is 0.0280. The van der Waals surface area contributed by atoms with Crippen LogP contribution in [0.5, 0.6) is 5.75 Å². The van der Waals surface area contributed by atoms with Crippen LogP contribution in [0.25, 0.3) is 0 Å². The summed E-state index contributed by atoms with van der Waals surface area (Å²) >= 11 is 0. The topological polar surface area (TPSA) is 35.2 Å². The Kier molecular flexibility index (Phi) is 4.26. The highest BCUT2D eigenvalue weighted by atomic mass is 19.4. The minimum atomic E-state index is -5.84. The van der Waals surface area contributed by atoms with Gasteiger partial charge in [-0.2, -0.15) is 39.5 Å². The van der Waals surface area contributed by atoms with Gasteiger partial charge in [-0.05, 0) is 18.2 Å². The zero-order valence-electron chi connectivity index (χ0n) is 9.70. The number of ether oxygens (including phenoxy) is 1. The molecule has 0 aliphatic heterocycles. The molecule has 120 valence electrons. The van der Waals surface area contributed by atoms with E-state index in [0.717, 1.165) is 0 Å². The van der Waals surface area contributed by atoms with E-state index >= 15 is 0 Å². The maximum absolute atomic E-state index is 12.5. The van der Waals surface area contributed by atoms with E-state index < -0.39 is 41.6 Å². The summed E-state index contributed by atoms with van der Waals surface area (Å²) in [5.74, 6) is -1.25.